The maximum absolute atomic E-state index is 12.7. The van der Waals surface area contributed by atoms with Crippen molar-refractivity contribution < 1.29 is 14.7 Å². The van der Waals surface area contributed by atoms with Gasteiger partial charge in [-0.05, 0) is 25.7 Å². The van der Waals surface area contributed by atoms with E-state index in [4.69, 9.17) is 0 Å². The summed E-state index contributed by atoms with van der Waals surface area (Å²) < 4.78 is 0. The smallest absolute Gasteiger partial charge is 0.326 e. The number of likely N-dealkylation sites (tertiary alicyclic amines) is 2. The summed E-state index contributed by atoms with van der Waals surface area (Å²) in [6, 6.07) is -0.684. The number of carboxylic acid groups (broad SMARTS) is 1. The van der Waals surface area contributed by atoms with E-state index in [9.17, 15) is 14.7 Å². The van der Waals surface area contributed by atoms with Crippen molar-refractivity contribution in [2.75, 3.05) is 19.6 Å². The van der Waals surface area contributed by atoms with Crippen LogP contribution in [0.2, 0.25) is 0 Å². The van der Waals surface area contributed by atoms with Crippen LogP contribution in [0, 0.1) is 0 Å². The Hall–Kier alpha value is -1.26. The molecular weight excluding hydrogens is 256 g/mol. The zero-order valence-corrected chi connectivity index (χ0v) is 12.2. The molecule has 2 heterocycles. The lowest BCUT2D eigenvalue weighted by atomic mass is 10.1. The molecule has 2 rings (SSSR count). The molecule has 5 heteroatoms. The van der Waals surface area contributed by atoms with Crippen LogP contribution in [0.5, 0.6) is 0 Å². The first kappa shape index (κ1) is 15.1. The van der Waals surface area contributed by atoms with Gasteiger partial charge < -0.3 is 14.9 Å². The van der Waals surface area contributed by atoms with Gasteiger partial charge in [0, 0.05) is 19.6 Å². The third kappa shape index (κ3) is 3.87. The Bertz CT molecular complexity index is 338. The Morgan fingerprint density at radius 1 is 0.800 bits per heavy atom. The number of carbonyl (C=O) groups is 2. The number of amides is 2. The first-order chi connectivity index (χ1) is 9.70. The number of urea groups is 1. The second-order valence-corrected chi connectivity index (χ2v) is 5.93. The average Bonchev–Trinajstić information content (AvgIpc) is 2.63. The lowest BCUT2D eigenvalue weighted by Crippen LogP contribution is -2.51. The Labute approximate surface area is 120 Å². The quantitative estimate of drug-likeness (QED) is 0.804. The minimum absolute atomic E-state index is 0.0544. The van der Waals surface area contributed by atoms with Gasteiger partial charge in [0.05, 0.1) is 0 Å². The summed E-state index contributed by atoms with van der Waals surface area (Å²) in [7, 11) is 0. The molecule has 1 atom stereocenters. The van der Waals surface area contributed by atoms with E-state index in [-0.39, 0.29) is 6.03 Å². The lowest BCUT2D eigenvalue weighted by molar-refractivity contribution is -0.142. The minimum atomic E-state index is -0.854. The van der Waals surface area contributed by atoms with Crippen LogP contribution in [0.25, 0.3) is 0 Å². The second-order valence-electron chi connectivity index (χ2n) is 5.93. The van der Waals surface area contributed by atoms with Crippen molar-refractivity contribution in [1.82, 2.24) is 9.80 Å². The molecule has 2 aliphatic heterocycles. The van der Waals surface area contributed by atoms with Gasteiger partial charge in [-0.1, -0.05) is 32.1 Å². The highest BCUT2D eigenvalue weighted by Crippen LogP contribution is 2.20. The molecule has 2 saturated heterocycles. The Kier molecular flexibility index (Phi) is 5.68. The minimum Gasteiger partial charge on any atom is -0.480 e. The molecule has 0 aromatic rings. The van der Waals surface area contributed by atoms with Gasteiger partial charge in [-0.25, -0.2) is 9.59 Å². The molecule has 2 amide bonds. The van der Waals surface area contributed by atoms with Gasteiger partial charge in [-0.15, -0.1) is 0 Å². The maximum atomic E-state index is 12.7. The van der Waals surface area contributed by atoms with Crippen molar-refractivity contribution in [1.29, 1.82) is 0 Å². The number of carboxylic acids is 1. The highest BCUT2D eigenvalue weighted by molar-refractivity contribution is 5.82. The van der Waals surface area contributed by atoms with Crippen molar-refractivity contribution >= 4 is 12.0 Å². The summed E-state index contributed by atoms with van der Waals surface area (Å²) in [5, 5.41) is 9.37. The van der Waals surface area contributed by atoms with Gasteiger partial charge in [0.25, 0.3) is 0 Å². The molecule has 0 aliphatic carbocycles. The Morgan fingerprint density at radius 3 is 2.00 bits per heavy atom. The molecule has 2 fully saturated rings. The van der Waals surface area contributed by atoms with Crippen LogP contribution in [0.15, 0.2) is 0 Å². The Morgan fingerprint density at radius 2 is 1.35 bits per heavy atom. The molecule has 5 nitrogen and oxygen atoms in total. The zero-order valence-electron chi connectivity index (χ0n) is 12.2. The van der Waals surface area contributed by atoms with E-state index in [0.29, 0.717) is 13.0 Å². The van der Waals surface area contributed by atoms with E-state index in [1.54, 1.807) is 4.90 Å². The summed E-state index contributed by atoms with van der Waals surface area (Å²) in [6.07, 6.45) is 9.11. The van der Waals surface area contributed by atoms with Crippen molar-refractivity contribution in [3.05, 3.63) is 0 Å². The SMILES string of the molecule is O=C(O)C1CCCCCN1C(=O)N1CCCCCCC1. The number of hydrogen-bond acceptors (Lipinski definition) is 2. The number of rotatable bonds is 1. The first-order valence-electron chi connectivity index (χ1n) is 7.98. The largest absolute Gasteiger partial charge is 0.480 e. The van der Waals surface area contributed by atoms with Crippen LogP contribution in [-0.2, 0) is 4.79 Å². The summed E-state index contributed by atoms with van der Waals surface area (Å²) in [4.78, 5) is 27.6. The summed E-state index contributed by atoms with van der Waals surface area (Å²) >= 11 is 0. The molecule has 20 heavy (non-hydrogen) atoms. The van der Waals surface area contributed by atoms with Gasteiger partial charge >= 0.3 is 12.0 Å². The average molecular weight is 282 g/mol. The third-order valence-electron chi connectivity index (χ3n) is 4.41. The molecule has 0 saturated carbocycles. The normalized spacial score (nSPS) is 25.5. The van der Waals surface area contributed by atoms with Crippen LogP contribution < -0.4 is 0 Å². The summed E-state index contributed by atoms with van der Waals surface area (Å²) in [6.45, 7) is 2.15. The molecule has 0 spiro atoms. The molecule has 0 aromatic carbocycles. The lowest BCUT2D eigenvalue weighted by Gasteiger charge is -2.34. The molecule has 0 bridgehead atoms. The maximum Gasteiger partial charge on any atom is 0.326 e. The van der Waals surface area contributed by atoms with E-state index < -0.39 is 12.0 Å². The zero-order chi connectivity index (χ0) is 14.4. The number of aliphatic carboxylic acids is 1. The van der Waals surface area contributed by atoms with E-state index >= 15 is 0 Å². The van der Waals surface area contributed by atoms with Crippen molar-refractivity contribution in [2.24, 2.45) is 0 Å². The fraction of sp³-hybridized carbons (Fsp3) is 0.867. The van der Waals surface area contributed by atoms with Crippen LogP contribution in [-0.4, -0.2) is 52.6 Å². The molecule has 1 N–H and O–H groups in total. The fourth-order valence-electron chi connectivity index (χ4n) is 3.21. The number of carbonyl (C=O) groups excluding carboxylic acids is 1. The first-order valence-corrected chi connectivity index (χ1v) is 7.98. The van der Waals surface area contributed by atoms with E-state index in [1.165, 1.54) is 19.3 Å². The predicted octanol–water partition coefficient (Wildman–Crippen LogP) is 2.70. The van der Waals surface area contributed by atoms with Gasteiger partial charge in [0.2, 0.25) is 0 Å². The third-order valence-corrected chi connectivity index (χ3v) is 4.41. The molecule has 114 valence electrons. The fourth-order valence-corrected chi connectivity index (χ4v) is 3.21. The predicted molar refractivity (Wildman–Crippen MR) is 76.7 cm³/mol. The standard InChI is InChI=1S/C15H26N2O3/c18-14(19)13-9-5-4-8-12-17(13)15(20)16-10-6-2-1-3-7-11-16/h13H,1-12H2,(H,18,19). The summed E-state index contributed by atoms with van der Waals surface area (Å²) in [5.41, 5.74) is 0. The highest BCUT2D eigenvalue weighted by Gasteiger charge is 2.33. The van der Waals surface area contributed by atoms with Crippen molar-refractivity contribution in [3.63, 3.8) is 0 Å². The van der Waals surface area contributed by atoms with Gasteiger partial charge in [-0.3, -0.25) is 0 Å². The van der Waals surface area contributed by atoms with Crippen molar-refractivity contribution in [2.45, 2.75) is 63.8 Å². The van der Waals surface area contributed by atoms with Crippen LogP contribution in [0.1, 0.15) is 57.8 Å². The van der Waals surface area contributed by atoms with E-state index in [1.807, 2.05) is 4.90 Å². The second kappa shape index (κ2) is 7.50. The molecular formula is C15H26N2O3. The molecule has 1 unspecified atom stereocenters. The number of nitrogens with zero attached hydrogens (tertiary/aromatic N) is 2. The molecule has 0 radical (unpaired) electrons. The molecule has 2 aliphatic rings. The van der Waals surface area contributed by atoms with Gasteiger partial charge in [0.15, 0.2) is 0 Å². The summed E-state index contributed by atoms with van der Waals surface area (Å²) in [5.74, 6) is -0.854. The highest BCUT2D eigenvalue weighted by atomic mass is 16.4. The van der Waals surface area contributed by atoms with E-state index in [0.717, 1.165) is 45.2 Å². The Balaban J connectivity index is 2.04. The monoisotopic (exact) mass is 282 g/mol. The molecule has 0 aromatic heterocycles. The van der Waals surface area contributed by atoms with Gasteiger partial charge in [0.1, 0.15) is 6.04 Å². The number of hydrogen-bond donors (Lipinski definition) is 1. The van der Waals surface area contributed by atoms with Crippen LogP contribution >= 0.6 is 0 Å². The van der Waals surface area contributed by atoms with Crippen LogP contribution in [0.4, 0.5) is 4.79 Å². The van der Waals surface area contributed by atoms with E-state index in [2.05, 4.69) is 0 Å². The topological polar surface area (TPSA) is 60.9 Å². The van der Waals surface area contributed by atoms with Crippen molar-refractivity contribution in [3.8, 4) is 0 Å². The van der Waals surface area contributed by atoms with Crippen LogP contribution in [0.3, 0.4) is 0 Å². The van der Waals surface area contributed by atoms with Gasteiger partial charge in [-0.2, -0.15) is 0 Å².